The van der Waals surface area contributed by atoms with Gasteiger partial charge in [0.1, 0.15) is 91.6 Å². The molecule has 0 aromatic carbocycles. The highest BCUT2D eigenvalue weighted by molar-refractivity contribution is 8.00. The topological polar surface area (TPSA) is 416 Å². The van der Waals surface area contributed by atoms with Gasteiger partial charge in [-0.15, -0.1) is 0 Å². The molecule has 28 heteroatoms. The Balaban J connectivity index is 0.949. The molecule has 4 amide bonds. The van der Waals surface area contributed by atoms with Gasteiger partial charge < -0.3 is 120 Å². The van der Waals surface area contributed by atoms with Crippen LogP contribution in [0.25, 0.3) is 0 Å². The molecular weight excluding hydrogens is 997 g/mol. The second-order valence-electron chi connectivity index (χ2n) is 19.4. The maximum atomic E-state index is 12.6. The smallest absolute Gasteiger partial charge is 0.315 e. The molecule has 0 radical (unpaired) electrons. The standard InChI is InChI=1S/C45H78N4O23S/c50-16-23-31(56)34(59)37(62)41(68-23)67-19-25-33(58)39(71-43-38(63)35(60)32(57)24(17-51)69-43)40(72-42-36(61)30(55)22(52)18-66-42)44(70-25)65-15-9-3-4-11-27(53)46-13-7-1-2-8-14-47-28(54)12-6-5-10-26-29-21(20-73-26)48-45(64)49-29/h21-26,29-44,50-52,55-63H,1-20H2,(H,46,53)(H,47,54)(H2,48,49,64)/t21-,22+,23+,24-,25+,26-,29-,30-,31+,32-,33+,34-,35+,36+,37-,38+,39-,40-,41-,42-,43-,44+/m0/s1. The predicted molar refractivity (Wildman–Crippen MR) is 249 cm³/mol. The van der Waals surface area contributed by atoms with E-state index in [9.17, 15) is 75.7 Å². The summed E-state index contributed by atoms with van der Waals surface area (Å²) in [6.45, 7) is -1.77. The fourth-order valence-corrected chi connectivity index (χ4v) is 11.1. The molecule has 6 fully saturated rings. The summed E-state index contributed by atoms with van der Waals surface area (Å²) in [5, 5.41) is 138. The molecule has 0 aromatic rings. The van der Waals surface area contributed by atoms with E-state index >= 15 is 0 Å². The van der Waals surface area contributed by atoms with E-state index < -0.39 is 143 Å². The van der Waals surface area contributed by atoms with E-state index in [2.05, 4.69) is 21.3 Å². The van der Waals surface area contributed by atoms with Crippen LogP contribution in [0.15, 0.2) is 0 Å². The zero-order valence-electron chi connectivity index (χ0n) is 40.6. The molecule has 0 unspecified atom stereocenters. The maximum Gasteiger partial charge on any atom is 0.315 e. The number of unbranched alkanes of at least 4 members (excludes halogenated alkanes) is 6. The van der Waals surface area contributed by atoms with Crippen LogP contribution in [0.3, 0.4) is 0 Å². The molecule has 6 aliphatic heterocycles. The number of nitrogens with one attached hydrogen (secondary N) is 4. The van der Waals surface area contributed by atoms with Gasteiger partial charge in [-0.1, -0.05) is 25.7 Å². The molecule has 0 saturated carbocycles. The van der Waals surface area contributed by atoms with Crippen molar-refractivity contribution in [2.45, 2.75) is 211 Å². The Morgan fingerprint density at radius 3 is 1.78 bits per heavy atom. The molecule has 0 bridgehead atoms. The Kier molecular flexibility index (Phi) is 24.2. The fourth-order valence-electron chi connectivity index (χ4n) is 9.52. The zero-order chi connectivity index (χ0) is 52.8. The van der Waals surface area contributed by atoms with Crippen LogP contribution in [-0.2, 0) is 47.5 Å². The van der Waals surface area contributed by atoms with Gasteiger partial charge in [0, 0.05) is 43.5 Å². The summed E-state index contributed by atoms with van der Waals surface area (Å²) >= 11 is 1.86. The maximum absolute atomic E-state index is 12.6. The molecule has 422 valence electrons. The molecule has 16 N–H and O–H groups in total. The zero-order valence-corrected chi connectivity index (χ0v) is 41.4. The predicted octanol–water partition coefficient (Wildman–Crippen LogP) is -6.01. The Labute approximate surface area is 426 Å². The molecule has 0 aromatic heterocycles. The third-order valence-corrected chi connectivity index (χ3v) is 15.4. The van der Waals surface area contributed by atoms with Gasteiger partial charge in [0.2, 0.25) is 11.8 Å². The lowest BCUT2D eigenvalue weighted by atomic mass is 9.96. The number of aliphatic hydroxyl groups is 12. The average molecular weight is 1080 g/mol. The normalized spacial score (nSPS) is 40.7. The van der Waals surface area contributed by atoms with E-state index in [1.807, 2.05) is 11.8 Å². The average Bonchev–Trinajstić information content (AvgIpc) is 3.94. The minimum absolute atomic E-state index is 0.0291. The molecule has 0 spiro atoms. The number of amides is 4. The van der Waals surface area contributed by atoms with Gasteiger partial charge in [0.15, 0.2) is 25.2 Å². The fraction of sp³-hybridized carbons (Fsp3) is 0.933. The van der Waals surface area contributed by atoms with Crippen molar-refractivity contribution in [2.24, 2.45) is 0 Å². The van der Waals surface area contributed by atoms with Crippen LogP contribution in [0.5, 0.6) is 0 Å². The number of hydrogen-bond acceptors (Lipinski definition) is 24. The van der Waals surface area contributed by atoms with E-state index in [-0.39, 0.29) is 43.0 Å². The van der Waals surface area contributed by atoms with Crippen molar-refractivity contribution in [2.75, 3.05) is 51.9 Å². The van der Waals surface area contributed by atoms with E-state index in [1.54, 1.807) is 0 Å². The SMILES string of the molecule is O=C(CCCCCO[C@@H]1O[C@H](CO[C@H]2O[C@H](CO)[C@@H](O)[C@H](O)[C@@H]2O)[C@@H](O)[C@H](O[C@@H]2O[C@@H](CO)[C@H](O)[C@@H](O)[C@H]2O)[C@@H]1O[C@@H]1OC[C@@H](O)[C@H](O)[C@H]1O)NCCCCCCNC(=O)CCCC[C@@H]1SC[C@@H]2NC(=O)N[C@@H]21. The van der Waals surface area contributed by atoms with Crippen LogP contribution in [-0.4, -0.2) is 265 Å². The highest BCUT2D eigenvalue weighted by Gasteiger charge is 2.55. The number of fused-ring (bicyclic) bond motifs is 1. The summed E-state index contributed by atoms with van der Waals surface area (Å²) in [7, 11) is 0. The molecule has 6 saturated heterocycles. The first-order valence-corrected chi connectivity index (χ1v) is 26.4. The molecule has 6 heterocycles. The van der Waals surface area contributed by atoms with E-state index in [0.29, 0.717) is 44.0 Å². The van der Waals surface area contributed by atoms with Gasteiger partial charge in [-0.25, -0.2) is 4.79 Å². The highest BCUT2D eigenvalue weighted by atomic mass is 32.2. The summed E-state index contributed by atoms with van der Waals surface area (Å²) in [6, 6.07) is 0.259. The number of carbonyl (C=O) groups is 3. The molecule has 6 rings (SSSR count). The van der Waals surface area contributed by atoms with Crippen molar-refractivity contribution in [3.8, 4) is 0 Å². The van der Waals surface area contributed by atoms with Crippen molar-refractivity contribution < 1.29 is 114 Å². The lowest BCUT2D eigenvalue weighted by Gasteiger charge is -2.49. The summed E-state index contributed by atoms with van der Waals surface area (Å²) in [5.74, 6) is 0.799. The Bertz CT molecular complexity index is 1680. The van der Waals surface area contributed by atoms with Crippen LogP contribution in [0.2, 0.25) is 0 Å². The Morgan fingerprint density at radius 1 is 0.575 bits per heavy atom. The second kappa shape index (κ2) is 29.5. The number of carbonyl (C=O) groups excluding carboxylic acids is 3. The molecular formula is C45H78N4O23S. The van der Waals surface area contributed by atoms with Crippen molar-refractivity contribution in [3.05, 3.63) is 0 Å². The molecule has 22 atom stereocenters. The lowest BCUT2D eigenvalue weighted by molar-refractivity contribution is -0.390. The van der Waals surface area contributed by atoms with E-state index in [4.69, 9.17) is 37.9 Å². The first kappa shape index (κ1) is 60.0. The van der Waals surface area contributed by atoms with Crippen LogP contribution in [0.1, 0.15) is 77.0 Å². The highest BCUT2D eigenvalue weighted by Crippen LogP contribution is 2.35. The Morgan fingerprint density at radius 2 is 1.14 bits per heavy atom. The van der Waals surface area contributed by atoms with Gasteiger partial charge in [-0.2, -0.15) is 11.8 Å². The largest absolute Gasteiger partial charge is 0.394 e. The summed E-state index contributed by atoms with van der Waals surface area (Å²) in [6.07, 6.45) is -24.6. The van der Waals surface area contributed by atoms with Gasteiger partial charge in [0.25, 0.3) is 0 Å². The van der Waals surface area contributed by atoms with Crippen molar-refractivity contribution in [1.82, 2.24) is 21.3 Å². The van der Waals surface area contributed by atoms with Crippen LogP contribution < -0.4 is 21.3 Å². The van der Waals surface area contributed by atoms with Crippen LogP contribution >= 0.6 is 11.8 Å². The van der Waals surface area contributed by atoms with Crippen LogP contribution in [0.4, 0.5) is 4.79 Å². The number of thioether (sulfide) groups is 1. The van der Waals surface area contributed by atoms with Crippen molar-refractivity contribution >= 4 is 29.6 Å². The van der Waals surface area contributed by atoms with Crippen molar-refractivity contribution in [1.29, 1.82) is 0 Å². The second-order valence-corrected chi connectivity index (χ2v) is 20.6. The third-order valence-electron chi connectivity index (χ3n) is 13.9. The van der Waals surface area contributed by atoms with E-state index in [0.717, 1.165) is 50.7 Å². The first-order valence-electron chi connectivity index (χ1n) is 25.4. The first-order chi connectivity index (χ1) is 35.0. The summed E-state index contributed by atoms with van der Waals surface area (Å²) < 4.78 is 46.3. The number of urea groups is 1. The number of aliphatic hydroxyl groups excluding tert-OH is 12. The minimum atomic E-state index is -1.98. The van der Waals surface area contributed by atoms with Gasteiger partial charge in [0.05, 0.1) is 38.5 Å². The van der Waals surface area contributed by atoms with Crippen molar-refractivity contribution in [3.63, 3.8) is 0 Å². The summed E-state index contributed by atoms with van der Waals surface area (Å²) in [5.41, 5.74) is 0. The van der Waals surface area contributed by atoms with Crippen LogP contribution in [0, 0.1) is 0 Å². The Hall–Kier alpha value is -2.24. The third kappa shape index (κ3) is 16.4. The monoisotopic (exact) mass is 1070 g/mol. The number of ether oxygens (including phenoxy) is 8. The summed E-state index contributed by atoms with van der Waals surface area (Å²) in [4.78, 5) is 36.5. The van der Waals surface area contributed by atoms with E-state index in [1.165, 1.54) is 0 Å². The van der Waals surface area contributed by atoms with Gasteiger partial charge >= 0.3 is 6.03 Å². The minimum Gasteiger partial charge on any atom is -0.394 e. The quantitative estimate of drug-likeness (QED) is 0.0256. The lowest BCUT2D eigenvalue weighted by Crippen LogP contribution is -2.67. The number of hydrogen-bond donors (Lipinski definition) is 16. The molecule has 6 aliphatic rings. The van der Waals surface area contributed by atoms with Gasteiger partial charge in [-0.05, 0) is 38.5 Å². The molecule has 0 aliphatic carbocycles. The number of rotatable bonds is 28. The molecule has 27 nitrogen and oxygen atoms in total. The molecule has 73 heavy (non-hydrogen) atoms. The van der Waals surface area contributed by atoms with Gasteiger partial charge in [-0.3, -0.25) is 9.59 Å².